The zero-order valence-electron chi connectivity index (χ0n) is 11.9. The van der Waals surface area contributed by atoms with Crippen LogP contribution in [0.15, 0.2) is 29.3 Å². The van der Waals surface area contributed by atoms with Gasteiger partial charge in [-0.1, -0.05) is 36.2 Å². The van der Waals surface area contributed by atoms with Crippen LogP contribution in [0.1, 0.15) is 36.8 Å². The minimum absolute atomic E-state index is 0.644. The Morgan fingerprint density at radius 1 is 1.11 bits per heavy atom. The minimum atomic E-state index is 0.644. The summed E-state index contributed by atoms with van der Waals surface area (Å²) in [6.07, 6.45) is 6.40. The van der Waals surface area contributed by atoms with Gasteiger partial charge in [0.15, 0.2) is 0 Å². The molecule has 0 N–H and O–H groups in total. The molecule has 1 aromatic rings. The fourth-order valence-corrected chi connectivity index (χ4v) is 3.31. The lowest BCUT2D eigenvalue weighted by Crippen LogP contribution is -2.39. The third kappa shape index (κ3) is 2.99. The molecule has 2 aliphatic heterocycles. The van der Waals surface area contributed by atoms with E-state index in [-0.39, 0.29) is 0 Å². The average molecular weight is 256 g/mol. The van der Waals surface area contributed by atoms with Crippen molar-refractivity contribution in [1.82, 2.24) is 4.90 Å². The molecule has 19 heavy (non-hydrogen) atoms. The van der Waals surface area contributed by atoms with Gasteiger partial charge in [0.05, 0.1) is 0 Å². The minimum Gasteiger partial charge on any atom is -0.360 e. The number of hydrogen-bond acceptors (Lipinski definition) is 2. The lowest BCUT2D eigenvalue weighted by Gasteiger charge is -2.31. The summed E-state index contributed by atoms with van der Waals surface area (Å²) in [5.74, 6) is 2.05. The second kappa shape index (κ2) is 5.77. The van der Waals surface area contributed by atoms with Crippen molar-refractivity contribution < 1.29 is 0 Å². The van der Waals surface area contributed by atoms with Crippen LogP contribution in [0.4, 0.5) is 0 Å². The molecule has 1 saturated heterocycles. The summed E-state index contributed by atoms with van der Waals surface area (Å²) < 4.78 is 0. The van der Waals surface area contributed by atoms with Gasteiger partial charge in [0, 0.05) is 25.6 Å². The highest BCUT2D eigenvalue weighted by Gasteiger charge is 2.26. The zero-order chi connectivity index (χ0) is 13.1. The molecule has 1 atom stereocenters. The second-order valence-electron chi connectivity index (χ2n) is 5.96. The van der Waals surface area contributed by atoms with Gasteiger partial charge in [-0.15, -0.1) is 0 Å². The largest absolute Gasteiger partial charge is 0.360 e. The highest BCUT2D eigenvalue weighted by Crippen LogP contribution is 2.25. The molecule has 2 aliphatic rings. The average Bonchev–Trinajstić information content (AvgIpc) is 2.64. The normalized spacial score (nSPS) is 23.5. The van der Waals surface area contributed by atoms with E-state index in [0.29, 0.717) is 5.92 Å². The maximum absolute atomic E-state index is 4.85. The Bertz CT molecular complexity index is 447. The Morgan fingerprint density at radius 2 is 1.89 bits per heavy atom. The molecule has 0 saturated carbocycles. The van der Waals surface area contributed by atoms with Gasteiger partial charge in [0.25, 0.3) is 0 Å². The van der Waals surface area contributed by atoms with Gasteiger partial charge in [-0.3, -0.25) is 4.99 Å². The fourth-order valence-electron chi connectivity index (χ4n) is 3.31. The summed E-state index contributed by atoms with van der Waals surface area (Å²) in [4.78, 5) is 7.40. The van der Waals surface area contributed by atoms with Crippen LogP contribution in [0.2, 0.25) is 0 Å². The molecule has 0 radical (unpaired) electrons. The lowest BCUT2D eigenvalue weighted by molar-refractivity contribution is 0.383. The summed E-state index contributed by atoms with van der Waals surface area (Å²) in [6, 6.07) is 9.03. The number of amidine groups is 1. The first kappa shape index (κ1) is 12.7. The van der Waals surface area contributed by atoms with Gasteiger partial charge in [-0.2, -0.15) is 0 Å². The molecule has 0 aromatic heterocycles. The van der Waals surface area contributed by atoms with E-state index in [2.05, 4.69) is 36.1 Å². The Kier molecular flexibility index (Phi) is 3.86. The number of fused-ring (bicyclic) bond motifs is 1. The lowest BCUT2D eigenvalue weighted by atomic mass is 9.93. The molecule has 1 aromatic carbocycles. The Morgan fingerprint density at radius 3 is 2.74 bits per heavy atom. The molecule has 0 aliphatic carbocycles. The van der Waals surface area contributed by atoms with E-state index < -0.39 is 0 Å². The van der Waals surface area contributed by atoms with E-state index in [1.165, 1.54) is 55.7 Å². The summed E-state index contributed by atoms with van der Waals surface area (Å²) in [5.41, 5.74) is 2.81. The first-order valence-electron chi connectivity index (χ1n) is 7.68. The molecular formula is C17H24N2. The monoisotopic (exact) mass is 256 g/mol. The molecule has 1 fully saturated rings. The predicted octanol–water partition coefficient (Wildman–Crippen LogP) is 3.44. The maximum Gasteiger partial charge on any atom is 0.102 e. The van der Waals surface area contributed by atoms with Crippen LogP contribution in [-0.4, -0.2) is 30.4 Å². The second-order valence-corrected chi connectivity index (χ2v) is 5.96. The van der Waals surface area contributed by atoms with Crippen molar-refractivity contribution >= 4 is 5.84 Å². The summed E-state index contributed by atoms with van der Waals surface area (Å²) in [6.45, 7) is 5.64. The Balaban J connectivity index is 1.77. The first-order chi connectivity index (χ1) is 9.33. The van der Waals surface area contributed by atoms with Crippen molar-refractivity contribution in [3.63, 3.8) is 0 Å². The summed E-state index contributed by atoms with van der Waals surface area (Å²) in [5, 5.41) is 0. The van der Waals surface area contributed by atoms with E-state index in [4.69, 9.17) is 4.99 Å². The van der Waals surface area contributed by atoms with Crippen LogP contribution in [0.5, 0.6) is 0 Å². The smallest absolute Gasteiger partial charge is 0.102 e. The molecule has 1 unspecified atom stereocenters. The van der Waals surface area contributed by atoms with Gasteiger partial charge in [0.1, 0.15) is 5.84 Å². The van der Waals surface area contributed by atoms with E-state index in [1.54, 1.807) is 0 Å². The number of benzene rings is 1. The number of aliphatic imine (C=N–C) groups is 1. The molecule has 2 heteroatoms. The molecule has 2 nitrogen and oxygen atoms in total. The van der Waals surface area contributed by atoms with Gasteiger partial charge < -0.3 is 4.90 Å². The Labute approximate surface area is 116 Å². The summed E-state index contributed by atoms with van der Waals surface area (Å²) in [7, 11) is 0. The zero-order valence-corrected chi connectivity index (χ0v) is 11.9. The van der Waals surface area contributed by atoms with Gasteiger partial charge in [-0.25, -0.2) is 0 Å². The Hall–Kier alpha value is -1.31. The van der Waals surface area contributed by atoms with E-state index in [9.17, 15) is 0 Å². The van der Waals surface area contributed by atoms with Crippen LogP contribution in [-0.2, 0) is 6.42 Å². The number of aryl methyl sites for hydroxylation is 1. The van der Waals surface area contributed by atoms with Crippen molar-refractivity contribution in [2.75, 3.05) is 19.6 Å². The van der Waals surface area contributed by atoms with Crippen molar-refractivity contribution in [3.05, 3.63) is 35.4 Å². The molecule has 0 spiro atoms. The molecule has 0 bridgehead atoms. The first-order valence-corrected chi connectivity index (χ1v) is 7.68. The van der Waals surface area contributed by atoms with Crippen LogP contribution < -0.4 is 0 Å². The van der Waals surface area contributed by atoms with Gasteiger partial charge in [0.2, 0.25) is 0 Å². The van der Waals surface area contributed by atoms with Crippen molar-refractivity contribution in [1.29, 1.82) is 0 Å². The fraction of sp³-hybridized carbons (Fsp3) is 0.588. The molecule has 2 heterocycles. The van der Waals surface area contributed by atoms with E-state index in [0.717, 1.165) is 13.0 Å². The molecular weight excluding hydrogens is 232 g/mol. The third-order valence-corrected chi connectivity index (χ3v) is 4.38. The van der Waals surface area contributed by atoms with Crippen LogP contribution in [0.25, 0.3) is 0 Å². The van der Waals surface area contributed by atoms with E-state index >= 15 is 0 Å². The van der Waals surface area contributed by atoms with Gasteiger partial charge >= 0.3 is 0 Å². The van der Waals surface area contributed by atoms with Crippen molar-refractivity contribution in [3.8, 4) is 0 Å². The van der Waals surface area contributed by atoms with Crippen LogP contribution in [0.3, 0.4) is 0 Å². The van der Waals surface area contributed by atoms with Crippen LogP contribution >= 0.6 is 0 Å². The summed E-state index contributed by atoms with van der Waals surface area (Å²) >= 11 is 0. The van der Waals surface area contributed by atoms with Crippen LogP contribution in [0, 0.1) is 12.8 Å². The number of rotatable bonds is 2. The molecule has 102 valence electrons. The third-order valence-electron chi connectivity index (χ3n) is 4.38. The predicted molar refractivity (Wildman–Crippen MR) is 80.7 cm³/mol. The van der Waals surface area contributed by atoms with Crippen molar-refractivity contribution in [2.45, 2.75) is 39.0 Å². The highest BCUT2D eigenvalue weighted by molar-refractivity contribution is 5.85. The van der Waals surface area contributed by atoms with Gasteiger partial charge in [-0.05, 0) is 38.2 Å². The number of nitrogens with zero attached hydrogens (tertiary/aromatic N) is 2. The highest BCUT2D eigenvalue weighted by atomic mass is 15.2. The standard InChI is InChI=1S/C17H24N2/c1-14-6-8-15(9-7-14)13-16-5-2-3-11-19-12-4-10-18-17(16)19/h6-9,16H,2-5,10-13H2,1H3. The maximum atomic E-state index is 4.85. The topological polar surface area (TPSA) is 15.6 Å². The molecule has 0 amide bonds. The van der Waals surface area contributed by atoms with E-state index in [1.807, 2.05) is 0 Å². The van der Waals surface area contributed by atoms with Crippen molar-refractivity contribution in [2.24, 2.45) is 10.9 Å². The molecule has 3 rings (SSSR count). The quantitative estimate of drug-likeness (QED) is 0.791. The SMILES string of the molecule is Cc1ccc(CC2CCCCN3CCCN=C23)cc1. The number of hydrogen-bond donors (Lipinski definition) is 0.